The molecule has 2 nitrogen and oxygen atoms in total. The number of ketones is 1. The van der Waals surface area contributed by atoms with Crippen LogP contribution in [-0.4, -0.2) is 30.3 Å². The molecule has 17 heavy (non-hydrogen) atoms. The second-order valence-corrected chi connectivity index (χ2v) is 3.71. The van der Waals surface area contributed by atoms with E-state index in [0.29, 0.717) is 12.0 Å². The third-order valence-corrected chi connectivity index (χ3v) is 2.72. The lowest BCUT2D eigenvalue weighted by atomic mass is 10.1. The van der Waals surface area contributed by atoms with Crippen LogP contribution in [0.4, 0.5) is 4.39 Å². The van der Waals surface area contributed by atoms with Gasteiger partial charge < -0.3 is 17.3 Å². The third-order valence-electron chi connectivity index (χ3n) is 2.72. The Bertz CT molecular complexity index is 336. The maximum absolute atomic E-state index is 12.7. The Balaban J connectivity index is 0.00000256. The average Bonchev–Trinajstić information content (AvgIpc) is 2.31. The second-order valence-electron chi connectivity index (χ2n) is 3.71. The molecule has 1 rings (SSSR count). The van der Waals surface area contributed by atoms with Crippen molar-refractivity contribution >= 4 is 5.78 Å². The largest absolute Gasteiger partial charge is 1.00 e. The van der Waals surface area contributed by atoms with Crippen molar-refractivity contribution in [3.63, 3.8) is 0 Å². The summed E-state index contributed by atoms with van der Waals surface area (Å²) in [5.41, 5.74) is 0.591. The van der Waals surface area contributed by atoms with Gasteiger partial charge in [-0.25, -0.2) is 4.39 Å². The van der Waals surface area contributed by atoms with Gasteiger partial charge in [-0.15, -0.1) is 0 Å². The molecule has 0 heterocycles. The third kappa shape index (κ3) is 5.29. The number of carbonyl (C=O) groups is 1. The Morgan fingerprint density at radius 3 is 2.18 bits per heavy atom. The van der Waals surface area contributed by atoms with Gasteiger partial charge in [-0.2, -0.15) is 0 Å². The van der Waals surface area contributed by atoms with Crippen LogP contribution in [0.1, 0.15) is 30.6 Å². The van der Waals surface area contributed by atoms with Gasteiger partial charge in [0.2, 0.25) is 0 Å². The summed E-state index contributed by atoms with van der Waals surface area (Å²) in [5, 5.41) is 0. The van der Waals surface area contributed by atoms with Gasteiger partial charge in [-0.1, -0.05) is 13.8 Å². The topological polar surface area (TPSA) is 20.3 Å². The normalized spacial score (nSPS) is 10.1. The van der Waals surface area contributed by atoms with E-state index >= 15 is 0 Å². The Morgan fingerprint density at radius 1 is 1.18 bits per heavy atom. The molecule has 1 aromatic rings. The summed E-state index contributed by atoms with van der Waals surface area (Å²) >= 11 is 0. The fourth-order valence-electron chi connectivity index (χ4n) is 1.58. The molecule has 96 valence electrons. The van der Waals surface area contributed by atoms with Crippen LogP contribution in [0, 0.1) is 5.82 Å². The quantitative estimate of drug-likeness (QED) is 0.656. The van der Waals surface area contributed by atoms with Gasteiger partial charge in [0.25, 0.3) is 0 Å². The molecular formula is C13H18ClFNO-. The van der Waals surface area contributed by atoms with Crippen LogP contribution in [0.25, 0.3) is 0 Å². The number of rotatable bonds is 6. The van der Waals surface area contributed by atoms with E-state index in [0.717, 1.165) is 19.6 Å². The lowest BCUT2D eigenvalue weighted by Gasteiger charge is -2.16. The summed E-state index contributed by atoms with van der Waals surface area (Å²) in [7, 11) is 0. The number of hydrogen-bond acceptors (Lipinski definition) is 2. The molecule has 0 saturated carbocycles. The van der Waals surface area contributed by atoms with Gasteiger partial charge in [0, 0.05) is 18.5 Å². The highest BCUT2D eigenvalue weighted by atomic mass is 35.5. The monoisotopic (exact) mass is 258 g/mol. The maximum atomic E-state index is 12.7. The van der Waals surface area contributed by atoms with Crippen LogP contribution in [0.3, 0.4) is 0 Å². The number of nitrogens with zero attached hydrogens (tertiary/aromatic N) is 1. The zero-order valence-electron chi connectivity index (χ0n) is 10.2. The molecule has 0 unspecified atom stereocenters. The lowest BCUT2D eigenvalue weighted by Crippen LogP contribution is -3.00. The highest BCUT2D eigenvalue weighted by Crippen LogP contribution is 2.06. The molecule has 0 saturated heterocycles. The fourth-order valence-corrected chi connectivity index (χ4v) is 1.58. The van der Waals surface area contributed by atoms with Crippen molar-refractivity contribution < 1.29 is 21.6 Å². The lowest BCUT2D eigenvalue weighted by molar-refractivity contribution is -0.0000122. The van der Waals surface area contributed by atoms with Gasteiger partial charge in [-0.3, -0.25) is 4.79 Å². The zero-order valence-corrected chi connectivity index (χ0v) is 11.0. The van der Waals surface area contributed by atoms with Crippen molar-refractivity contribution in [2.24, 2.45) is 0 Å². The average molecular weight is 259 g/mol. The van der Waals surface area contributed by atoms with Crippen LogP contribution in [0.15, 0.2) is 24.3 Å². The minimum absolute atomic E-state index is 0. The van der Waals surface area contributed by atoms with E-state index < -0.39 is 0 Å². The summed E-state index contributed by atoms with van der Waals surface area (Å²) in [6.45, 7) is 6.82. The van der Waals surface area contributed by atoms with Gasteiger partial charge in [-0.05, 0) is 37.4 Å². The summed E-state index contributed by atoms with van der Waals surface area (Å²) in [5.74, 6) is -0.229. The van der Waals surface area contributed by atoms with Crippen molar-refractivity contribution in [2.75, 3.05) is 19.6 Å². The maximum Gasteiger partial charge on any atom is 0.164 e. The minimum atomic E-state index is -0.305. The van der Waals surface area contributed by atoms with Crippen LogP contribution in [-0.2, 0) is 0 Å². The molecule has 0 bridgehead atoms. The fraction of sp³-hybridized carbons (Fsp3) is 0.462. The number of benzene rings is 1. The Kier molecular flexibility index (Phi) is 7.75. The van der Waals surface area contributed by atoms with Crippen LogP contribution in [0.2, 0.25) is 0 Å². The molecule has 0 N–H and O–H groups in total. The number of Topliss-reactive ketones (excluding diaryl/α,β-unsaturated/α-hetero) is 1. The first kappa shape index (κ1) is 16.1. The van der Waals surface area contributed by atoms with Gasteiger partial charge in [0.05, 0.1) is 0 Å². The molecule has 0 aliphatic carbocycles. The standard InChI is InChI=1S/C13H18FNO.ClH/c1-3-15(4-2)10-9-13(16)11-5-7-12(14)8-6-11;/h5-8H,3-4,9-10H2,1-2H3;1H/p-1. The van der Waals surface area contributed by atoms with E-state index in [9.17, 15) is 9.18 Å². The minimum Gasteiger partial charge on any atom is -1.00 e. The Labute approximate surface area is 108 Å². The van der Waals surface area contributed by atoms with Crippen LogP contribution >= 0.6 is 0 Å². The van der Waals surface area contributed by atoms with E-state index in [1.807, 2.05) is 0 Å². The second kappa shape index (κ2) is 8.20. The van der Waals surface area contributed by atoms with Crippen molar-refractivity contribution in [1.29, 1.82) is 0 Å². The molecule has 0 aliphatic heterocycles. The van der Waals surface area contributed by atoms with Crippen molar-refractivity contribution in [1.82, 2.24) is 4.90 Å². The summed E-state index contributed by atoms with van der Waals surface area (Å²) in [6, 6.07) is 5.73. The zero-order chi connectivity index (χ0) is 12.0. The number of halogens is 2. The molecular weight excluding hydrogens is 241 g/mol. The summed E-state index contributed by atoms with van der Waals surface area (Å²) < 4.78 is 12.7. The van der Waals surface area contributed by atoms with Crippen LogP contribution < -0.4 is 12.4 Å². The summed E-state index contributed by atoms with van der Waals surface area (Å²) in [4.78, 5) is 13.9. The molecule has 0 spiro atoms. The van der Waals surface area contributed by atoms with E-state index in [-0.39, 0.29) is 24.0 Å². The SMILES string of the molecule is CCN(CC)CCC(=O)c1ccc(F)cc1.[Cl-]. The predicted octanol–water partition coefficient (Wildman–Crippen LogP) is -0.256. The highest BCUT2D eigenvalue weighted by molar-refractivity contribution is 5.96. The Morgan fingerprint density at radius 2 is 1.71 bits per heavy atom. The molecule has 1 aromatic carbocycles. The molecule has 0 amide bonds. The first-order valence-electron chi connectivity index (χ1n) is 5.68. The molecule has 0 atom stereocenters. The Hall–Kier alpha value is -0.930. The smallest absolute Gasteiger partial charge is 0.164 e. The van der Waals surface area contributed by atoms with Gasteiger partial charge in [0.1, 0.15) is 5.82 Å². The molecule has 0 aliphatic rings. The van der Waals surface area contributed by atoms with Crippen molar-refractivity contribution in [3.05, 3.63) is 35.6 Å². The van der Waals surface area contributed by atoms with Crippen molar-refractivity contribution in [2.45, 2.75) is 20.3 Å². The first-order valence-corrected chi connectivity index (χ1v) is 5.68. The van der Waals surface area contributed by atoms with Gasteiger partial charge >= 0.3 is 0 Å². The number of hydrogen-bond donors (Lipinski definition) is 0. The molecule has 0 aromatic heterocycles. The molecule has 0 radical (unpaired) electrons. The molecule has 0 fully saturated rings. The van der Waals surface area contributed by atoms with E-state index in [4.69, 9.17) is 0 Å². The van der Waals surface area contributed by atoms with Crippen LogP contribution in [0.5, 0.6) is 0 Å². The van der Waals surface area contributed by atoms with Gasteiger partial charge in [0.15, 0.2) is 5.78 Å². The van der Waals surface area contributed by atoms with Crippen molar-refractivity contribution in [3.8, 4) is 0 Å². The summed E-state index contributed by atoms with van der Waals surface area (Å²) in [6.07, 6.45) is 0.493. The van der Waals surface area contributed by atoms with E-state index in [1.54, 1.807) is 12.1 Å². The predicted molar refractivity (Wildman–Crippen MR) is 63.1 cm³/mol. The highest BCUT2D eigenvalue weighted by Gasteiger charge is 2.07. The van der Waals surface area contributed by atoms with E-state index in [2.05, 4.69) is 18.7 Å². The number of carbonyl (C=O) groups excluding carboxylic acids is 1. The first-order chi connectivity index (χ1) is 7.67. The molecule has 4 heteroatoms. The van der Waals surface area contributed by atoms with E-state index in [1.165, 1.54) is 12.1 Å².